The average molecular weight is 510 g/mol. The van der Waals surface area contributed by atoms with Crippen molar-refractivity contribution in [3.8, 4) is 17.1 Å². The first-order valence-corrected chi connectivity index (χ1v) is 12.0. The molecule has 170 valence electrons. The molecule has 0 spiro atoms. The highest BCUT2D eigenvalue weighted by Crippen LogP contribution is 2.36. The summed E-state index contributed by atoms with van der Waals surface area (Å²) in [6.07, 6.45) is 1.55. The van der Waals surface area contributed by atoms with E-state index in [4.69, 9.17) is 32.4 Å². The highest BCUT2D eigenvalue weighted by molar-refractivity contribution is 8.18. The Labute approximate surface area is 209 Å². The van der Waals surface area contributed by atoms with Gasteiger partial charge in [-0.3, -0.25) is 14.5 Å². The van der Waals surface area contributed by atoms with Crippen LogP contribution in [-0.4, -0.2) is 29.2 Å². The lowest BCUT2D eigenvalue weighted by atomic mass is 10.1. The molecule has 0 atom stereocenters. The monoisotopic (exact) mass is 509 g/mol. The number of benzene rings is 3. The molecule has 0 saturated carbocycles. The van der Waals surface area contributed by atoms with Crippen LogP contribution in [0.3, 0.4) is 0 Å². The second kappa shape index (κ2) is 9.58. The lowest BCUT2D eigenvalue weighted by molar-refractivity contribution is -0.123. The second-order valence-corrected chi connectivity index (χ2v) is 9.24. The van der Waals surface area contributed by atoms with Crippen LogP contribution in [0.25, 0.3) is 28.2 Å². The highest BCUT2D eigenvalue weighted by atomic mass is 35.5. The molecule has 1 aromatic heterocycles. The Morgan fingerprint density at radius 1 is 0.941 bits per heavy atom. The van der Waals surface area contributed by atoms with Gasteiger partial charge in [0, 0.05) is 17.0 Å². The molecule has 0 aliphatic carbocycles. The summed E-state index contributed by atoms with van der Waals surface area (Å²) >= 11 is 13.2. The number of hydrogen-bond donors (Lipinski definition) is 0. The zero-order valence-electron chi connectivity index (χ0n) is 17.7. The van der Waals surface area contributed by atoms with E-state index < -0.39 is 0 Å². The molecule has 8 heteroatoms. The van der Waals surface area contributed by atoms with Crippen molar-refractivity contribution in [2.45, 2.75) is 0 Å². The van der Waals surface area contributed by atoms with Gasteiger partial charge in [-0.2, -0.15) is 0 Å². The van der Waals surface area contributed by atoms with E-state index in [0.717, 1.165) is 22.5 Å². The number of halogens is 2. The van der Waals surface area contributed by atoms with E-state index in [0.29, 0.717) is 32.9 Å². The summed E-state index contributed by atoms with van der Waals surface area (Å²) in [4.78, 5) is 26.8. The molecule has 34 heavy (non-hydrogen) atoms. The topological polar surface area (TPSA) is 59.8 Å². The lowest BCUT2D eigenvalue weighted by Crippen LogP contribution is -2.32. The summed E-state index contributed by atoms with van der Waals surface area (Å²) in [6, 6.07) is 22.4. The van der Waals surface area contributed by atoms with Crippen molar-refractivity contribution in [3.63, 3.8) is 0 Å². The third-order valence-corrected chi connectivity index (χ3v) is 7.04. The number of rotatable bonds is 6. The van der Waals surface area contributed by atoms with E-state index in [9.17, 15) is 9.59 Å². The van der Waals surface area contributed by atoms with Crippen molar-refractivity contribution >= 4 is 63.0 Å². The number of thioether (sulfide) groups is 1. The number of ether oxygens (including phenoxy) is 1. The predicted molar refractivity (Wildman–Crippen MR) is 136 cm³/mol. The maximum atomic E-state index is 12.8. The van der Waals surface area contributed by atoms with Gasteiger partial charge in [0.05, 0.1) is 21.5 Å². The van der Waals surface area contributed by atoms with Gasteiger partial charge in [-0.1, -0.05) is 65.7 Å². The lowest BCUT2D eigenvalue weighted by Gasteiger charge is -2.14. The summed E-state index contributed by atoms with van der Waals surface area (Å²) in [7, 11) is 0. The van der Waals surface area contributed by atoms with E-state index >= 15 is 0 Å². The minimum absolute atomic E-state index is 0.146. The summed E-state index contributed by atoms with van der Waals surface area (Å²) in [5.74, 6) is 1.28. The quantitative estimate of drug-likeness (QED) is 0.251. The van der Waals surface area contributed by atoms with Crippen LogP contribution in [0.15, 0.2) is 82.1 Å². The van der Waals surface area contributed by atoms with Gasteiger partial charge in [0.1, 0.15) is 23.9 Å². The normalized spacial score (nSPS) is 15.0. The second-order valence-electron chi connectivity index (χ2n) is 7.46. The number of imide groups is 1. The number of nitrogens with zero attached hydrogens (tertiary/aromatic N) is 1. The Bertz CT molecular complexity index is 1440. The Hall–Kier alpha value is -3.19. The molecule has 0 unspecified atom stereocenters. The SMILES string of the molecule is O=C1S/C(=C\c2ccc(-c3cccc(Cl)c3Cl)o2)C(=O)N1CCOc1cccc2ccccc12. The van der Waals surface area contributed by atoms with Crippen LogP contribution < -0.4 is 4.74 Å². The maximum Gasteiger partial charge on any atom is 0.293 e. The molecule has 1 aliphatic rings. The molecule has 1 aliphatic heterocycles. The first kappa shape index (κ1) is 22.6. The van der Waals surface area contributed by atoms with Gasteiger partial charge >= 0.3 is 0 Å². The van der Waals surface area contributed by atoms with Gasteiger partial charge in [-0.15, -0.1) is 0 Å². The van der Waals surface area contributed by atoms with Crippen LogP contribution in [0, 0.1) is 0 Å². The van der Waals surface area contributed by atoms with E-state index in [1.807, 2.05) is 42.5 Å². The number of fused-ring (bicyclic) bond motifs is 1. The van der Waals surface area contributed by atoms with E-state index in [-0.39, 0.29) is 29.2 Å². The fourth-order valence-electron chi connectivity index (χ4n) is 3.66. The molecule has 3 aromatic carbocycles. The first-order valence-electron chi connectivity index (χ1n) is 10.4. The fourth-order valence-corrected chi connectivity index (χ4v) is 4.90. The summed E-state index contributed by atoms with van der Waals surface area (Å²) < 4.78 is 11.7. The molecule has 2 heterocycles. The van der Waals surface area contributed by atoms with Gasteiger partial charge in [-0.25, -0.2) is 0 Å². The summed E-state index contributed by atoms with van der Waals surface area (Å²) in [5, 5.41) is 2.50. The van der Waals surface area contributed by atoms with Crippen molar-refractivity contribution in [2.24, 2.45) is 0 Å². The van der Waals surface area contributed by atoms with Crippen LogP contribution in [0.1, 0.15) is 5.76 Å². The van der Waals surface area contributed by atoms with Crippen molar-refractivity contribution in [2.75, 3.05) is 13.2 Å². The molecule has 5 rings (SSSR count). The standard InChI is InChI=1S/C26H17Cl2NO4S/c27-20-9-4-8-19(24(20)28)22-12-11-17(33-22)15-23-25(30)29(26(31)34-23)13-14-32-21-10-3-6-16-5-1-2-7-18(16)21/h1-12,15H,13-14H2/b23-15-. The van der Waals surface area contributed by atoms with Gasteiger partial charge in [-0.05, 0) is 47.5 Å². The highest BCUT2D eigenvalue weighted by Gasteiger charge is 2.35. The van der Waals surface area contributed by atoms with Crippen LogP contribution in [0.5, 0.6) is 5.75 Å². The van der Waals surface area contributed by atoms with Gasteiger partial charge in [0.2, 0.25) is 0 Å². The Kier molecular flexibility index (Phi) is 6.37. The van der Waals surface area contributed by atoms with E-state index in [2.05, 4.69) is 0 Å². The zero-order valence-corrected chi connectivity index (χ0v) is 20.0. The molecule has 1 saturated heterocycles. The van der Waals surface area contributed by atoms with Gasteiger partial charge in [0.15, 0.2) is 0 Å². The van der Waals surface area contributed by atoms with Gasteiger partial charge in [0.25, 0.3) is 11.1 Å². The van der Waals surface area contributed by atoms with E-state index in [1.54, 1.807) is 36.4 Å². The number of amides is 2. The summed E-state index contributed by atoms with van der Waals surface area (Å²) in [5.41, 5.74) is 0.646. The maximum absolute atomic E-state index is 12.8. The molecular weight excluding hydrogens is 493 g/mol. The largest absolute Gasteiger partial charge is 0.491 e. The first-order chi connectivity index (χ1) is 16.5. The number of furan rings is 1. The predicted octanol–water partition coefficient (Wildman–Crippen LogP) is 7.52. The fraction of sp³-hybridized carbons (Fsp3) is 0.0769. The molecule has 0 radical (unpaired) electrons. The Morgan fingerprint density at radius 3 is 2.62 bits per heavy atom. The molecule has 4 aromatic rings. The van der Waals surface area contributed by atoms with Crippen molar-refractivity contribution in [1.29, 1.82) is 0 Å². The van der Waals surface area contributed by atoms with Crippen LogP contribution in [0.4, 0.5) is 4.79 Å². The van der Waals surface area contributed by atoms with Crippen molar-refractivity contribution in [3.05, 3.63) is 93.5 Å². The number of hydrogen-bond acceptors (Lipinski definition) is 5. The van der Waals surface area contributed by atoms with E-state index in [1.165, 1.54) is 4.90 Å². The molecule has 5 nitrogen and oxygen atoms in total. The minimum Gasteiger partial charge on any atom is -0.491 e. The summed E-state index contributed by atoms with van der Waals surface area (Å²) in [6.45, 7) is 0.338. The zero-order chi connectivity index (χ0) is 23.7. The smallest absolute Gasteiger partial charge is 0.293 e. The van der Waals surface area contributed by atoms with Gasteiger partial charge < -0.3 is 9.15 Å². The molecular formula is C26H17Cl2NO4S. The molecule has 2 amide bonds. The van der Waals surface area contributed by atoms with Crippen molar-refractivity contribution < 1.29 is 18.7 Å². The molecule has 0 bridgehead atoms. The third-order valence-electron chi connectivity index (χ3n) is 5.31. The Morgan fingerprint density at radius 2 is 1.74 bits per heavy atom. The van der Waals surface area contributed by atoms with Crippen LogP contribution >= 0.6 is 35.0 Å². The molecule has 1 fully saturated rings. The Balaban J connectivity index is 1.27. The van der Waals surface area contributed by atoms with Crippen LogP contribution in [0.2, 0.25) is 10.0 Å². The minimum atomic E-state index is -0.379. The number of carbonyl (C=O) groups is 2. The average Bonchev–Trinajstić information content (AvgIpc) is 3.41. The third kappa shape index (κ3) is 4.44. The van der Waals surface area contributed by atoms with Crippen LogP contribution in [-0.2, 0) is 4.79 Å². The number of carbonyl (C=O) groups excluding carboxylic acids is 2. The molecule has 0 N–H and O–H groups in total. The van der Waals surface area contributed by atoms with Crippen molar-refractivity contribution in [1.82, 2.24) is 4.90 Å².